The molecule has 0 aliphatic rings. The third-order valence-corrected chi connectivity index (χ3v) is 0.415. The molecule has 60 valence electrons. The van der Waals surface area contributed by atoms with E-state index < -0.39 is 51.1 Å². The van der Waals surface area contributed by atoms with Crippen LogP contribution in [0.3, 0.4) is 0 Å². The summed E-state index contributed by atoms with van der Waals surface area (Å²) < 4.78 is 117. The quantitative estimate of drug-likeness (QED) is 0.648. The summed E-state index contributed by atoms with van der Waals surface area (Å²) in [5.41, 5.74) is 0. The van der Waals surface area contributed by atoms with Crippen LogP contribution < -0.4 is 0 Å². The van der Waals surface area contributed by atoms with Crippen LogP contribution in [-0.4, -0.2) is 11.1 Å². The van der Waals surface area contributed by atoms with Gasteiger partial charge in [0.05, 0.1) is 0 Å². The lowest BCUT2D eigenvalue weighted by Crippen LogP contribution is -1.93. The summed E-state index contributed by atoms with van der Waals surface area (Å²) in [6.07, 6.45) is -25.0. The van der Waals surface area contributed by atoms with Crippen LogP contribution in [-0.2, 0) is 4.79 Å². The molecule has 1 N–H and O–H groups in total. The van der Waals surface area contributed by atoms with Crippen LogP contribution in [0.25, 0.3) is 1.43 Å². The van der Waals surface area contributed by atoms with E-state index in [2.05, 4.69) is 5.11 Å². The Morgan fingerprint density at radius 1 is 1.60 bits per heavy atom. The second-order valence-electron chi connectivity index (χ2n) is 1.04. The summed E-state index contributed by atoms with van der Waals surface area (Å²) in [4.78, 5) is 11.3. The Balaban J connectivity index is 6.56. The lowest BCUT2D eigenvalue weighted by atomic mass is 10.1. The lowest BCUT2D eigenvalue weighted by Gasteiger charge is -1.95. The fourth-order valence-corrected chi connectivity index (χ4v) is 0.176. The van der Waals surface area contributed by atoms with Crippen molar-refractivity contribution >= 4 is 5.97 Å². The Labute approximate surface area is 84.8 Å². The van der Waals surface area contributed by atoms with Gasteiger partial charge in [-0.3, -0.25) is 4.79 Å². The normalized spacial score (nSPS) is 42.8. The van der Waals surface area contributed by atoms with E-state index in [9.17, 15) is 4.79 Å². The van der Waals surface area contributed by atoms with Crippen LogP contribution in [0.15, 0.2) is 0 Å². The topological polar surface area (TPSA) is 37.3 Å². The monoisotopic (exact) mass is 160 g/mol. The minimum Gasteiger partial charge on any atom is -0.481 e. The van der Waals surface area contributed by atoms with Gasteiger partial charge in [-0.25, -0.2) is 0 Å². The molecule has 2 heteroatoms. The molecule has 0 spiro atoms. The molecule has 0 bridgehead atoms. The van der Waals surface area contributed by atoms with E-state index in [1.165, 1.54) is 0 Å². The standard InChI is InChI=1S/C8H16O2/c1-2-3-4-5-6-7-8(9)10/h2-7H2,1H3,(H,9,10)/i1D3,2D2,3D2,4D2,5D2,6D2,7D2/hD. The minimum atomic E-state index is -4.29. The number of carboxylic acids is 1. The van der Waals surface area contributed by atoms with Gasteiger partial charge < -0.3 is 5.11 Å². The summed E-state index contributed by atoms with van der Waals surface area (Å²) >= 11 is 0. The smallest absolute Gasteiger partial charge is 0.303 e. The van der Waals surface area contributed by atoms with Gasteiger partial charge in [0, 0.05) is 26.9 Å². The van der Waals surface area contributed by atoms with Crippen molar-refractivity contribution in [2.24, 2.45) is 0 Å². The summed E-state index contributed by atoms with van der Waals surface area (Å²) in [5, 5.41) is 3.27. The molecule has 0 aliphatic carbocycles. The van der Waals surface area contributed by atoms with Gasteiger partial charge in [-0.2, -0.15) is 0 Å². The summed E-state index contributed by atoms with van der Waals surface area (Å²) in [5.74, 6) is -2.25. The van der Waals surface area contributed by atoms with Crippen molar-refractivity contribution in [3.63, 3.8) is 0 Å². The summed E-state index contributed by atoms with van der Waals surface area (Å²) in [6, 6.07) is 0. The van der Waals surface area contributed by atoms with E-state index in [4.69, 9.17) is 22.0 Å². The fraction of sp³-hybridized carbons (Fsp3) is 0.875. The van der Waals surface area contributed by atoms with Gasteiger partial charge in [0.15, 0.2) is 0 Å². The highest BCUT2D eigenvalue weighted by atomic mass is 16.4. The van der Waals surface area contributed by atoms with Crippen molar-refractivity contribution in [3.05, 3.63) is 0 Å². The van der Waals surface area contributed by atoms with Crippen LogP contribution in [0.1, 0.15) is 65.7 Å². The van der Waals surface area contributed by atoms with Gasteiger partial charge in [0.1, 0.15) is 0 Å². The highest BCUT2D eigenvalue weighted by Gasteiger charge is 1.94. The Morgan fingerprint density at radius 3 is 3.10 bits per heavy atom. The Morgan fingerprint density at radius 2 is 2.40 bits per heavy atom. The predicted molar refractivity (Wildman–Crippen MR) is 41.0 cm³/mol. The van der Waals surface area contributed by atoms with Gasteiger partial charge in [0.2, 0.25) is 0 Å². The fourth-order valence-electron chi connectivity index (χ4n) is 0.176. The third kappa shape index (κ3) is 7.47. The van der Waals surface area contributed by atoms with Crippen molar-refractivity contribution in [2.75, 3.05) is 0 Å². The summed E-state index contributed by atoms with van der Waals surface area (Å²) in [7, 11) is 0. The van der Waals surface area contributed by atoms with Crippen LogP contribution in [0, 0.1) is 0 Å². The molecule has 0 aromatic rings. The zero-order valence-corrected chi connectivity index (χ0v) is 4.82. The number of hydrogen-bond acceptors (Lipinski definition) is 2. The molecule has 0 unspecified atom stereocenters. The largest absolute Gasteiger partial charge is 0.481 e. The summed E-state index contributed by atoms with van der Waals surface area (Å²) in [6.45, 7) is -3.79. The predicted octanol–water partition coefficient (Wildman–Crippen LogP) is 2.43. The van der Waals surface area contributed by atoms with Crippen molar-refractivity contribution in [3.8, 4) is 0 Å². The van der Waals surface area contributed by atoms with E-state index in [0.29, 0.717) is 0 Å². The van der Waals surface area contributed by atoms with E-state index in [-0.39, 0.29) is 0 Å². The zero-order chi connectivity index (χ0) is 21.8. The molecular weight excluding hydrogens is 128 g/mol. The molecule has 0 rings (SSSR count). The van der Waals surface area contributed by atoms with Crippen LogP contribution in [0.4, 0.5) is 0 Å². The average molecular weight is 160 g/mol. The van der Waals surface area contributed by atoms with E-state index >= 15 is 0 Å². The van der Waals surface area contributed by atoms with Crippen molar-refractivity contribution in [2.45, 2.75) is 45.1 Å². The van der Waals surface area contributed by atoms with E-state index in [1.54, 1.807) is 0 Å². The number of carbonyl (C=O) groups is 1. The van der Waals surface area contributed by atoms with Gasteiger partial charge in [-0.1, -0.05) is 32.3 Å². The molecule has 10 heavy (non-hydrogen) atoms. The van der Waals surface area contributed by atoms with Gasteiger partial charge in [-0.05, 0) is 6.37 Å². The van der Waals surface area contributed by atoms with Crippen molar-refractivity contribution in [1.29, 1.82) is 1.43 Å². The van der Waals surface area contributed by atoms with Gasteiger partial charge >= 0.3 is 5.97 Å². The molecule has 0 atom stereocenters. The van der Waals surface area contributed by atoms with Crippen LogP contribution in [0.2, 0.25) is 0 Å². The number of rotatable bonds is 6. The SMILES string of the molecule is [2H]OC(=O)C([2H])([2H])C([2H])([2H])C([2H])([2H])C([2H])([2H])C([2H])([2H])C([2H])([2H])C([2H])([2H])[2H]. The molecular formula is C8H16O2. The Bertz CT molecular complexity index is 545. The molecule has 0 aromatic heterocycles. The first-order chi connectivity index (χ1) is 11.0. The Kier molecular flexibility index (Phi) is 0.747. The third-order valence-electron chi connectivity index (χ3n) is 0.415. The highest BCUT2D eigenvalue weighted by molar-refractivity contribution is 5.66. The molecule has 0 heterocycles. The minimum absolute atomic E-state index is 2.25. The lowest BCUT2D eigenvalue weighted by molar-refractivity contribution is -0.137. The maximum absolute atomic E-state index is 11.3. The van der Waals surface area contributed by atoms with E-state index in [1.807, 2.05) is 0 Å². The molecule has 0 amide bonds. The maximum Gasteiger partial charge on any atom is 0.303 e. The first-order valence-corrected chi connectivity index (χ1v) is 2.16. The second kappa shape index (κ2) is 6.59. The van der Waals surface area contributed by atoms with Crippen LogP contribution in [0.5, 0.6) is 0 Å². The van der Waals surface area contributed by atoms with Gasteiger partial charge in [0.25, 0.3) is 1.43 Å². The number of hydrogen-bond donors (Lipinski definition) is 1. The zero-order valence-electron chi connectivity index (χ0n) is 20.8. The average Bonchev–Trinajstić information content (AvgIpc) is 2.43. The first-order valence-electron chi connectivity index (χ1n) is 10.1. The maximum atomic E-state index is 11.3. The molecule has 2 nitrogen and oxygen atoms in total. The first kappa shape index (κ1) is 1.13. The van der Waals surface area contributed by atoms with Crippen molar-refractivity contribution in [1.82, 2.24) is 0 Å². The van der Waals surface area contributed by atoms with Gasteiger partial charge in [-0.15, -0.1) is 0 Å². The molecule has 0 saturated carbocycles. The molecule has 0 aromatic carbocycles. The highest BCUT2D eigenvalue weighted by Crippen LogP contribution is 2.04. The van der Waals surface area contributed by atoms with Crippen LogP contribution >= 0.6 is 0 Å². The molecule has 0 aliphatic heterocycles. The number of aliphatic carboxylic acids is 1. The molecule has 0 fully saturated rings. The second-order valence-corrected chi connectivity index (χ2v) is 1.04. The Hall–Kier alpha value is -0.530. The van der Waals surface area contributed by atoms with Crippen molar-refractivity contribution < 1.29 is 30.5 Å². The molecule has 0 radical (unpaired) electrons. The molecule has 0 saturated heterocycles. The number of carboxylic acid groups (broad SMARTS) is 1. The van der Waals surface area contributed by atoms with E-state index in [0.717, 1.165) is 0 Å².